The summed E-state index contributed by atoms with van der Waals surface area (Å²) in [6.45, 7) is 9.91. The van der Waals surface area contributed by atoms with Crippen LogP contribution in [-0.2, 0) is 0 Å². The van der Waals surface area contributed by atoms with Gasteiger partial charge in [0.25, 0.3) is 5.91 Å². The minimum Gasteiger partial charge on any atom is -0.350 e. The Hall–Kier alpha value is -1.98. The van der Waals surface area contributed by atoms with E-state index in [4.69, 9.17) is 11.6 Å². The van der Waals surface area contributed by atoms with Gasteiger partial charge in [0.2, 0.25) is 0 Å². The molecule has 0 spiro atoms. The number of likely N-dealkylation sites (tertiary alicyclic amines) is 1. The second-order valence-corrected chi connectivity index (χ2v) is 6.92. The van der Waals surface area contributed by atoms with Gasteiger partial charge < -0.3 is 5.32 Å². The van der Waals surface area contributed by atoms with Gasteiger partial charge in [-0.25, -0.2) is 9.98 Å². The summed E-state index contributed by atoms with van der Waals surface area (Å²) in [5.74, 6) is 0.472. The van der Waals surface area contributed by atoms with Crippen LogP contribution in [0.3, 0.4) is 0 Å². The summed E-state index contributed by atoms with van der Waals surface area (Å²) in [6, 6.07) is 7.19. The van der Waals surface area contributed by atoms with E-state index in [9.17, 15) is 4.79 Å². The standard InChI is InChI=1S/C20H27ClN4O/c1-15(13-23-16(2)22-3)19(25-11-7-4-8-12-25)14-24-20(26)17-9-5-6-10-18(17)21/h5-6,9-10,13,19H,3-4,7-8,11-12,14H2,1-2H3,(H,24,26)/b15-13+,23-16-. The van der Waals surface area contributed by atoms with Crippen molar-refractivity contribution in [2.45, 2.75) is 39.2 Å². The van der Waals surface area contributed by atoms with Crippen molar-refractivity contribution >= 4 is 30.1 Å². The van der Waals surface area contributed by atoms with Crippen molar-refractivity contribution in [2.24, 2.45) is 9.98 Å². The topological polar surface area (TPSA) is 57.1 Å². The summed E-state index contributed by atoms with van der Waals surface area (Å²) in [4.78, 5) is 23.1. The fourth-order valence-electron chi connectivity index (χ4n) is 3.06. The molecule has 0 bridgehead atoms. The third kappa shape index (κ3) is 5.78. The predicted octanol–water partition coefficient (Wildman–Crippen LogP) is 3.95. The van der Waals surface area contributed by atoms with Crippen LogP contribution in [0.1, 0.15) is 43.5 Å². The smallest absolute Gasteiger partial charge is 0.252 e. The Bertz CT molecular complexity index is 693. The largest absolute Gasteiger partial charge is 0.350 e. The molecule has 1 N–H and O–H groups in total. The normalized spacial score (nSPS) is 17.7. The number of nitrogens with one attached hydrogen (secondary N) is 1. The van der Waals surface area contributed by atoms with Crippen molar-refractivity contribution in [3.63, 3.8) is 0 Å². The quantitative estimate of drug-likeness (QED) is 0.605. The minimum atomic E-state index is -0.155. The van der Waals surface area contributed by atoms with E-state index in [-0.39, 0.29) is 11.9 Å². The Labute approximate surface area is 160 Å². The molecule has 5 nitrogen and oxygen atoms in total. The fraction of sp³-hybridized carbons (Fsp3) is 0.450. The lowest BCUT2D eigenvalue weighted by Crippen LogP contribution is -2.46. The van der Waals surface area contributed by atoms with Gasteiger partial charge >= 0.3 is 0 Å². The molecular weight excluding hydrogens is 348 g/mol. The first-order valence-electron chi connectivity index (χ1n) is 8.97. The molecule has 1 aromatic carbocycles. The Morgan fingerprint density at radius 2 is 2.00 bits per heavy atom. The van der Waals surface area contributed by atoms with Crippen LogP contribution in [0.25, 0.3) is 0 Å². The van der Waals surface area contributed by atoms with Crippen LogP contribution in [0.15, 0.2) is 46.0 Å². The van der Waals surface area contributed by atoms with E-state index in [0.717, 1.165) is 18.7 Å². The molecule has 1 fully saturated rings. The first-order valence-corrected chi connectivity index (χ1v) is 9.35. The molecule has 0 saturated carbocycles. The van der Waals surface area contributed by atoms with Crippen LogP contribution < -0.4 is 5.32 Å². The van der Waals surface area contributed by atoms with Crippen LogP contribution >= 0.6 is 11.6 Å². The second kappa shape index (κ2) is 10.2. The fourth-order valence-corrected chi connectivity index (χ4v) is 3.28. The van der Waals surface area contributed by atoms with Crippen molar-refractivity contribution in [3.05, 3.63) is 46.6 Å². The highest BCUT2D eigenvalue weighted by atomic mass is 35.5. The van der Waals surface area contributed by atoms with Gasteiger partial charge in [0.15, 0.2) is 0 Å². The average molecular weight is 375 g/mol. The summed E-state index contributed by atoms with van der Waals surface area (Å²) in [6.07, 6.45) is 5.44. The van der Waals surface area contributed by atoms with Crippen molar-refractivity contribution < 1.29 is 4.79 Å². The lowest BCUT2D eigenvalue weighted by Gasteiger charge is -2.35. The number of halogens is 1. The Morgan fingerprint density at radius 3 is 2.65 bits per heavy atom. The maximum absolute atomic E-state index is 12.5. The summed E-state index contributed by atoms with van der Waals surface area (Å²) >= 11 is 6.13. The summed E-state index contributed by atoms with van der Waals surface area (Å²) in [7, 11) is 0. The number of carbonyl (C=O) groups excluding carboxylic acids is 1. The lowest BCUT2D eigenvalue weighted by atomic mass is 10.0. The van der Waals surface area contributed by atoms with E-state index >= 15 is 0 Å². The SMILES string of the molecule is C=N/C(C)=N\C=C(/C)C(CNC(=O)c1ccccc1Cl)N1CCCCC1. The van der Waals surface area contributed by atoms with E-state index < -0.39 is 0 Å². The summed E-state index contributed by atoms with van der Waals surface area (Å²) in [5, 5.41) is 3.49. The van der Waals surface area contributed by atoms with Crippen molar-refractivity contribution in [3.8, 4) is 0 Å². The Balaban J connectivity index is 2.12. The number of hydrogen-bond donors (Lipinski definition) is 1. The molecule has 1 unspecified atom stereocenters. The molecule has 140 valence electrons. The van der Waals surface area contributed by atoms with E-state index in [1.165, 1.54) is 19.3 Å². The zero-order chi connectivity index (χ0) is 18.9. The highest BCUT2D eigenvalue weighted by molar-refractivity contribution is 6.33. The van der Waals surface area contributed by atoms with Gasteiger partial charge in [-0.05, 0) is 64.2 Å². The number of benzene rings is 1. The van der Waals surface area contributed by atoms with Gasteiger partial charge in [0.05, 0.1) is 10.6 Å². The summed E-state index contributed by atoms with van der Waals surface area (Å²) < 4.78 is 0. The molecule has 2 rings (SSSR count). The molecule has 6 heteroatoms. The first kappa shape index (κ1) is 20.3. The molecule has 0 aromatic heterocycles. The molecule has 1 saturated heterocycles. The van der Waals surface area contributed by atoms with Gasteiger partial charge in [-0.3, -0.25) is 9.69 Å². The van der Waals surface area contributed by atoms with Crippen LogP contribution in [-0.4, -0.2) is 49.0 Å². The maximum atomic E-state index is 12.5. The molecule has 1 aliphatic rings. The molecule has 0 aliphatic carbocycles. The van der Waals surface area contributed by atoms with E-state index in [0.29, 0.717) is 23.0 Å². The number of carbonyl (C=O) groups is 1. The van der Waals surface area contributed by atoms with Gasteiger partial charge in [-0.15, -0.1) is 0 Å². The molecule has 26 heavy (non-hydrogen) atoms. The molecular formula is C20H27ClN4O. The van der Waals surface area contributed by atoms with Crippen molar-refractivity contribution in [1.29, 1.82) is 0 Å². The lowest BCUT2D eigenvalue weighted by molar-refractivity contribution is 0.0934. The van der Waals surface area contributed by atoms with Crippen molar-refractivity contribution in [1.82, 2.24) is 10.2 Å². The highest BCUT2D eigenvalue weighted by Crippen LogP contribution is 2.18. The predicted molar refractivity (Wildman–Crippen MR) is 109 cm³/mol. The second-order valence-electron chi connectivity index (χ2n) is 6.51. The maximum Gasteiger partial charge on any atom is 0.252 e. The van der Waals surface area contributed by atoms with Crippen LogP contribution in [0.5, 0.6) is 0 Å². The number of piperidine rings is 1. The van der Waals surface area contributed by atoms with E-state index in [2.05, 4.69) is 26.9 Å². The molecule has 1 aromatic rings. The van der Waals surface area contributed by atoms with Crippen LogP contribution in [0.4, 0.5) is 0 Å². The van der Waals surface area contributed by atoms with Gasteiger partial charge in [-0.1, -0.05) is 30.2 Å². The van der Waals surface area contributed by atoms with Crippen LogP contribution in [0.2, 0.25) is 5.02 Å². The molecule has 1 atom stereocenters. The number of amidine groups is 1. The summed E-state index contributed by atoms with van der Waals surface area (Å²) in [5.41, 5.74) is 1.59. The average Bonchev–Trinajstić information content (AvgIpc) is 2.67. The van der Waals surface area contributed by atoms with E-state index in [1.807, 2.05) is 32.2 Å². The zero-order valence-electron chi connectivity index (χ0n) is 15.5. The van der Waals surface area contributed by atoms with Gasteiger partial charge in [0, 0.05) is 18.8 Å². The number of nitrogens with zero attached hydrogens (tertiary/aromatic N) is 3. The van der Waals surface area contributed by atoms with E-state index in [1.54, 1.807) is 12.1 Å². The number of rotatable bonds is 6. The Morgan fingerprint density at radius 1 is 1.31 bits per heavy atom. The third-order valence-electron chi connectivity index (χ3n) is 4.62. The number of amides is 1. The monoisotopic (exact) mass is 374 g/mol. The molecule has 0 radical (unpaired) electrons. The van der Waals surface area contributed by atoms with Gasteiger partial charge in [0.1, 0.15) is 5.84 Å². The first-order chi connectivity index (χ1) is 12.5. The van der Waals surface area contributed by atoms with Crippen molar-refractivity contribution in [2.75, 3.05) is 19.6 Å². The Kier molecular flexibility index (Phi) is 8.01. The zero-order valence-corrected chi connectivity index (χ0v) is 16.3. The third-order valence-corrected chi connectivity index (χ3v) is 4.94. The molecule has 1 amide bonds. The van der Waals surface area contributed by atoms with Gasteiger partial charge in [-0.2, -0.15) is 0 Å². The molecule has 1 aliphatic heterocycles. The molecule has 1 heterocycles. The highest BCUT2D eigenvalue weighted by Gasteiger charge is 2.23. The number of aliphatic imine (C=N–C) groups is 2. The number of hydrogen-bond acceptors (Lipinski definition) is 3. The minimum absolute atomic E-state index is 0.100. The van der Waals surface area contributed by atoms with Crippen LogP contribution in [0, 0.1) is 0 Å².